The van der Waals surface area contributed by atoms with Crippen molar-refractivity contribution in [3.05, 3.63) is 52.9 Å². The van der Waals surface area contributed by atoms with Gasteiger partial charge in [0, 0.05) is 38.3 Å². The van der Waals surface area contributed by atoms with Gasteiger partial charge < -0.3 is 9.42 Å². The van der Waals surface area contributed by atoms with E-state index in [1.807, 2.05) is 11.8 Å². The molecule has 1 amide bonds. The molecule has 2 aliphatic rings. The van der Waals surface area contributed by atoms with Crippen molar-refractivity contribution in [1.82, 2.24) is 15.0 Å². The van der Waals surface area contributed by atoms with Gasteiger partial charge in [-0.05, 0) is 37.3 Å². The van der Waals surface area contributed by atoms with Crippen LogP contribution in [0.3, 0.4) is 0 Å². The van der Waals surface area contributed by atoms with E-state index in [-0.39, 0.29) is 5.91 Å². The van der Waals surface area contributed by atoms with Crippen molar-refractivity contribution in [2.45, 2.75) is 32.2 Å². The fraction of sp³-hybridized carbons (Fsp3) is 0.474. The third-order valence-corrected chi connectivity index (χ3v) is 5.29. The molecule has 0 saturated carbocycles. The first kappa shape index (κ1) is 15.4. The molecule has 1 aliphatic carbocycles. The number of carbonyl (C=O) groups excluding carboxylic acids is 1. The molecule has 4 rings (SSSR count). The molecule has 1 aliphatic heterocycles. The minimum atomic E-state index is -0.0134. The van der Waals surface area contributed by atoms with Gasteiger partial charge in [-0.15, -0.1) is 0 Å². The van der Waals surface area contributed by atoms with Gasteiger partial charge in [-0.2, -0.15) is 0 Å². The van der Waals surface area contributed by atoms with Crippen molar-refractivity contribution in [1.29, 1.82) is 0 Å². The molecule has 126 valence electrons. The van der Waals surface area contributed by atoms with Gasteiger partial charge in [-0.1, -0.05) is 29.4 Å². The maximum atomic E-state index is 12.4. The molecule has 0 radical (unpaired) electrons. The summed E-state index contributed by atoms with van der Waals surface area (Å²) < 4.78 is 5.02. The Kier molecular flexibility index (Phi) is 4.10. The second-order valence-corrected chi connectivity index (χ2v) is 6.82. The van der Waals surface area contributed by atoms with Crippen molar-refractivity contribution < 1.29 is 9.32 Å². The molecule has 1 aromatic carbocycles. The molecule has 0 spiro atoms. The number of amides is 1. The molecule has 2 heterocycles. The summed E-state index contributed by atoms with van der Waals surface area (Å²) >= 11 is 0. The first-order valence-corrected chi connectivity index (χ1v) is 8.74. The Labute approximate surface area is 142 Å². The standard InChI is InChI=1S/C19H23N3O2/c1-14-12-18(20-24-14)19(23)22-10-8-21(9-11-22)17-7-6-15-4-2-3-5-16(15)13-17/h2-5,12,17H,6-11,13H2,1H3/t17-/m1/s1. The monoisotopic (exact) mass is 325 g/mol. The summed E-state index contributed by atoms with van der Waals surface area (Å²) in [5, 5.41) is 3.84. The van der Waals surface area contributed by atoms with E-state index in [0.29, 0.717) is 17.5 Å². The normalized spacial score (nSPS) is 21.5. The lowest BCUT2D eigenvalue weighted by atomic mass is 9.87. The number of aryl methyl sites for hydroxylation is 2. The van der Waals surface area contributed by atoms with Crippen LogP contribution in [0.25, 0.3) is 0 Å². The third-order valence-electron chi connectivity index (χ3n) is 5.29. The maximum Gasteiger partial charge on any atom is 0.276 e. The van der Waals surface area contributed by atoms with Crippen molar-refractivity contribution in [3.63, 3.8) is 0 Å². The average Bonchev–Trinajstić information content (AvgIpc) is 3.07. The fourth-order valence-electron chi connectivity index (χ4n) is 3.91. The lowest BCUT2D eigenvalue weighted by Gasteiger charge is -2.41. The Balaban J connectivity index is 1.36. The number of aromatic nitrogens is 1. The number of hydrogen-bond acceptors (Lipinski definition) is 4. The number of benzene rings is 1. The summed E-state index contributed by atoms with van der Waals surface area (Å²) in [6, 6.07) is 11.1. The molecular weight excluding hydrogens is 302 g/mol. The van der Waals surface area contributed by atoms with Gasteiger partial charge >= 0.3 is 0 Å². The first-order valence-electron chi connectivity index (χ1n) is 8.74. The Bertz CT molecular complexity index is 732. The fourth-order valence-corrected chi connectivity index (χ4v) is 3.91. The molecule has 2 aromatic rings. The Morgan fingerprint density at radius 1 is 1.17 bits per heavy atom. The number of hydrogen-bond donors (Lipinski definition) is 0. The van der Waals surface area contributed by atoms with Crippen LogP contribution in [0.1, 0.15) is 33.8 Å². The SMILES string of the molecule is Cc1cc(C(=O)N2CCN([C@@H]3CCc4ccccc4C3)CC2)no1. The highest BCUT2D eigenvalue weighted by molar-refractivity contribution is 5.92. The molecule has 1 saturated heterocycles. The van der Waals surface area contributed by atoms with Crippen LogP contribution in [-0.4, -0.2) is 53.1 Å². The molecule has 1 fully saturated rings. The molecule has 0 unspecified atom stereocenters. The van der Waals surface area contributed by atoms with Gasteiger partial charge in [0.15, 0.2) is 5.69 Å². The number of piperazine rings is 1. The van der Waals surface area contributed by atoms with E-state index in [9.17, 15) is 4.79 Å². The van der Waals surface area contributed by atoms with E-state index in [1.165, 1.54) is 17.5 Å². The van der Waals surface area contributed by atoms with Gasteiger partial charge in [-0.25, -0.2) is 0 Å². The quantitative estimate of drug-likeness (QED) is 0.850. The van der Waals surface area contributed by atoms with Crippen LogP contribution in [0.4, 0.5) is 0 Å². The van der Waals surface area contributed by atoms with Crippen LogP contribution in [0.5, 0.6) is 0 Å². The highest BCUT2D eigenvalue weighted by Gasteiger charge is 2.29. The van der Waals surface area contributed by atoms with Gasteiger partial charge in [0.25, 0.3) is 5.91 Å². The van der Waals surface area contributed by atoms with Gasteiger partial charge in [-0.3, -0.25) is 9.69 Å². The largest absolute Gasteiger partial charge is 0.361 e. The van der Waals surface area contributed by atoms with Crippen LogP contribution < -0.4 is 0 Å². The first-order chi connectivity index (χ1) is 11.7. The van der Waals surface area contributed by atoms with Crippen LogP contribution in [0, 0.1) is 6.92 Å². The van der Waals surface area contributed by atoms with E-state index in [2.05, 4.69) is 34.3 Å². The van der Waals surface area contributed by atoms with Gasteiger partial charge in [0.1, 0.15) is 5.76 Å². The molecule has 0 bridgehead atoms. The summed E-state index contributed by atoms with van der Waals surface area (Å²) in [6.45, 7) is 5.22. The lowest BCUT2D eigenvalue weighted by molar-refractivity contribution is 0.0544. The minimum Gasteiger partial charge on any atom is -0.361 e. The third kappa shape index (κ3) is 2.96. The second kappa shape index (κ2) is 6.40. The number of nitrogens with zero attached hydrogens (tertiary/aromatic N) is 3. The van der Waals surface area contributed by atoms with Crippen LogP contribution in [-0.2, 0) is 12.8 Å². The Morgan fingerprint density at radius 2 is 1.92 bits per heavy atom. The molecule has 0 N–H and O–H groups in total. The minimum absolute atomic E-state index is 0.0134. The molecule has 1 atom stereocenters. The molecular formula is C19H23N3O2. The van der Waals surface area contributed by atoms with Crippen LogP contribution in [0.2, 0.25) is 0 Å². The summed E-state index contributed by atoms with van der Waals surface area (Å²) in [6.07, 6.45) is 3.51. The molecule has 1 aromatic heterocycles. The van der Waals surface area contributed by atoms with Crippen molar-refractivity contribution in [3.8, 4) is 0 Å². The zero-order valence-electron chi connectivity index (χ0n) is 14.1. The van der Waals surface area contributed by atoms with Crippen molar-refractivity contribution in [2.75, 3.05) is 26.2 Å². The van der Waals surface area contributed by atoms with E-state index < -0.39 is 0 Å². The maximum absolute atomic E-state index is 12.4. The van der Waals surface area contributed by atoms with E-state index >= 15 is 0 Å². The zero-order valence-corrected chi connectivity index (χ0v) is 14.1. The van der Waals surface area contributed by atoms with Crippen LogP contribution in [0.15, 0.2) is 34.9 Å². The number of fused-ring (bicyclic) bond motifs is 1. The molecule has 5 heteroatoms. The van der Waals surface area contributed by atoms with Crippen LogP contribution >= 0.6 is 0 Å². The topological polar surface area (TPSA) is 49.6 Å². The van der Waals surface area contributed by atoms with E-state index in [1.54, 1.807) is 6.07 Å². The van der Waals surface area contributed by atoms with Crippen molar-refractivity contribution in [2.24, 2.45) is 0 Å². The highest BCUT2D eigenvalue weighted by Crippen LogP contribution is 2.25. The average molecular weight is 325 g/mol. The summed E-state index contributed by atoms with van der Waals surface area (Å²) in [7, 11) is 0. The smallest absolute Gasteiger partial charge is 0.276 e. The predicted molar refractivity (Wildman–Crippen MR) is 91.0 cm³/mol. The van der Waals surface area contributed by atoms with Gasteiger partial charge in [0.05, 0.1) is 0 Å². The summed E-state index contributed by atoms with van der Waals surface area (Å²) in [5.74, 6) is 0.665. The summed E-state index contributed by atoms with van der Waals surface area (Å²) in [4.78, 5) is 16.9. The van der Waals surface area contributed by atoms with Crippen molar-refractivity contribution >= 4 is 5.91 Å². The Morgan fingerprint density at radius 3 is 2.62 bits per heavy atom. The lowest BCUT2D eigenvalue weighted by Crippen LogP contribution is -2.53. The predicted octanol–water partition coefficient (Wildman–Crippen LogP) is 2.30. The summed E-state index contributed by atoms with van der Waals surface area (Å²) in [5.41, 5.74) is 3.42. The Hall–Kier alpha value is -2.14. The highest BCUT2D eigenvalue weighted by atomic mass is 16.5. The van der Waals surface area contributed by atoms with Gasteiger partial charge in [0.2, 0.25) is 0 Å². The zero-order chi connectivity index (χ0) is 16.5. The molecule has 24 heavy (non-hydrogen) atoms. The number of carbonyl (C=O) groups is 1. The molecule has 5 nitrogen and oxygen atoms in total. The number of rotatable bonds is 2. The van der Waals surface area contributed by atoms with E-state index in [4.69, 9.17) is 4.52 Å². The van der Waals surface area contributed by atoms with E-state index in [0.717, 1.165) is 39.0 Å². The second-order valence-electron chi connectivity index (χ2n) is 6.82.